The Morgan fingerprint density at radius 2 is 1.78 bits per heavy atom. The van der Waals surface area contributed by atoms with Crippen LogP contribution in [0.15, 0.2) is 12.1 Å². The summed E-state index contributed by atoms with van der Waals surface area (Å²) in [6, 6.07) is 4.48. The van der Waals surface area contributed by atoms with Crippen LogP contribution in [0.3, 0.4) is 0 Å². The van der Waals surface area contributed by atoms with Gasteiger partial charge in [0, 0.05) is 0 Å². The van der Waals surface area contributed by atoms with E-state index in [1.54, 1.807) is 0 Å². The summed E-state index contributed by atoms with van der Waals surface area (Å²) in [6.45, 7) is 4.69. The molecular formula is C26H39F. The van der Waals surface area contributed by atoms with Gasteiger partial charge in [-0.15, -0.1) is 0 Å². The summed E-state index contributed by atoms with van der Waals surface area (Å²) in [5.41, 5.74) is 3.47. The number of benzene rings is 1. The minimum absolute atomic E-state index is 0.187. The maximum absolute atomic E-state index is 15.5. The van der Waals surface area contributed by atoms with Gasteiger partial charge in [-0.3, -0.25) is 0 Å². The van der Waals surface area contributed by atoms with Crippen molar-refractivity contribution in [2.24, 2.45) is 23.7 Å². The molecule has 0 N–H and O–H groups in total. The molecule has 27 heavy (non-hydrogen) atoms. The minimum atomic E-state index is 0.187. The third-order valence-corrected chi connectivity index (χ3v) is 8.21. The maximum atomic E-state index is 15.5. The van der Waals surface area contributed by atoms with Crippen LogP contribution in [0, 0.1) is 29.5 Å². The van der Waals surface area contributed by atoms with Crippen molar-refractivity contribution < 1.29 is 4.39 Å². The molecule has 5 unspecified atom stereocenters. The van der Waals surface area contributed by atoms with Crippen molar-refractivity contribution in [1.82, 2.24) is 0 Å². The van der Waals surface area contributed by atoms with Crippen molar-refractivity contribution in [3.05, 3.63) is 34.6 Å². The highest BCUT2D eigenvalue weighted by atomic mass is 19.1. The zero-order valence-corrected chi connectivity index (χ0v) is 17.6. The molecule has 1 aromatic rings. The Bertz CT molecular complexity index is 633. The van der Waals surface area contributed by atoms with E-state index in [-0.39, 0.29) is 5.82 Å². The van der Waals surface area contributed by atoms with E-state index in [1.807, 2.05) is 0 Å². The van der Waals surface area contributed by atoms with Crippen LogP contribution in [-0.2, 0) is 12.8 Å². The van der Waals surface area contributed by atoms with E-state index in [9.17, 15) is 0 Å². The van der Waals surface area contributed by atoms with Gasteiger partial charge in [-0.05, 0) is 97.6 Å². The lowest BCUT2D eigenvalue weighted by atomic mass is 9.64. The Kier molecular flexibility index (Phi) is 6.25. The van der Waals surface area contributed by atoms with Crippen LogP contribution < -0.4 is 0 Å². The molecule has 0 aromatic heterocycles. The molecule has 0 aliphatic heterocycles. The summed E-state index contributed by atoms with van der Waals surface area (Å²) >= 11 is 0. The second-order valence-corrected chi connectivity index (χ2v) is 10.2. The summed E-state index contributed by atoms with van der Waals surface area (Å²) in [6.07, 6.45) is 16.6. The van der Waals surface area contributed by atoms with Crippen LogP contribution in [0.5, 0.6) is 0 Å². The maximum Gasteiger partial charge on any atom is 0.130 e. The van der Waals surface area contributed by atoms with Gasteiger partial charge in [-0.25, -0.2) is 4.39 Å². The van der Waals surface area contributed by atoms with Gasteiger partial charge in [-0.2, -0.15) is 0 Å². The summed E-state index contributed by atoms with van der Waals surface area (Å²) in [7, 11) is 0. The zero-order valence-electron chi connectivity index (χ0n) is 17.6. The number of hydrogen-bond acceptors (Lipinski definition) is 0. The number of halogens is 1. The average Bonchev–Trinajstić information content (AvgIpc) is 2.68. The highest BCUT2D eigenvalue weighted by molar-refractivity contribution is 5.38. The second kappa shape index (κ2) is 8.66. The number of hydrogen-bond donors (Lipinski definition) is 0. The van der Waals surface area contributed by atoms with E-state index in [2.05, 4.69) is 26.0 Å². The lowest BCUT2D eigenvalue weighted by molar-refractivity contribution is 0.123. The third kappa shape index (κ3) is 4.28. The van der Waals surface area contributed by atoms with Gasteiger partial charge in [0.25, 0.3) is 0 Å². The van der Waals surface area contributed by atoms with E-state index in [1.165, 1.54) is 76.2 Å². The summed E-state index contributed by atoms with van der Waals surface area (Å²) in [5, 5.41) is 0. The van der Waals surface area contributed by atoms with Gasteiger partial charge < -0.3 is 0 Å². The lowest BCUT2D eigenvalue weighted by Crippen LogP contribution is -2.30. The third-order valence-electron chi connectivity index (χ3n) is 8.21. The molecule has 150 valence electrons. The molecule has 1 aromatic carbocycles. The summed E-state index contributed by atoms with van der Waals surface area (Å²) in [4.78, 5) is 0. The van der Waals surface area contributed by atoms with Gasteiger partial charge in [0.1, 0.15) is 5.82 Å². The second-order valence-electron chi connectivity index (χ2n) is 10.2. The first-order chi connectivity index (χ1) is 13.2. The van der Waals surface area contributed by atoms with E-state index in [4.69, 9.17) is 0 Å². The average molecular weight is 371 g/mol. The van der Waals surface area contributed by atoms with Gasteiger partial charge in [-0.1, -0.05) is 58.1 Å². The molecule has 5 atom stereocenters. The molecule has 0 bridgehead atoms. The summed E-state index contributed by atoms with van der Waals surface area (Å²) < 4.78 is 15.5. The van der Waals surface area contributed by atoms with E-state index in [0.29, 0.717) is 5.92 Å². The predicted octanol–water partition coefficient (Wildman–Crippen LogP) is 7.83. The topological polar surface area (TPSA) is 0 Å². The smallest absolute Gasteiger partial charge is 0.130 e. The summed E-state index contributed by atoms with van der Waals surface area (Å²) in [5.74, 6) is 4.15. The largest absolute Gasteiger partial charge is 0.206 e. The predicted molar refractivity (Wildman–Crippen MR) is 113 cm³/mol. The lowest BCUT2D eigenvalue weighted by Gasteiger charge is -2.42. The van der Waals surface area contributed by atoms with Crippen LogP contribution in [-0.4, -0.2) is 0 Å². The Labute approximate surface area is 166 Å². The fourth-order valence-electron chi connectivity index (χ4n) is 6.55. The molecule has 1 heteroatoms. The van der Waals surface area contributed by atoms with Gasteiger partial charge in [0.2, 0.25) is 0 Å². The molecule has 0 spiro atoms. The standard InChI is InChI=1S/C26H39F/c1-3-4-5-6-19-8-13-24-22(16-19)12-14-25(26(24)27)23-11-10-20-15-18(2)7-9-21(20)17-23/h12,14,18-21,23H,3-11,13,15-17H2,1-2H3. The molecule has 0 amide bonds. The SMILES string of the molecule is CCCCCC1CCc2c(ccc(C3CCC4CC(C)CCC4C3)c2F)C1. The number of unbranched alkanes of at least 4 members (excludes halogenated alkanes) is 2. The van der Waals surface area contributed by atoms with Gasteiger partial charge >= 0.3 is 0 Å². The van der Waals surface area contributed by atoms with Crippen molar-refractivity contribution in [3.63, 3.8) is 0 Å². The molecule has 3 aliphatic rings. The van der Waals surface area contributed by atoms with Crippen LogP contribution in [0.25, 0.3) is 0 Å². The highest BCUT2D eigenvalue weighted by Crippen LogP contribution is 2.48. The van der Waals surface area contributed by atoms with Crippen molar-refractivity contribution in [3.8, 4) is 0 Å². The molecule has 0 radical (unpaired) electrons. The molecule has 0 saturated heterocycles. The molecule has 3 aliphatic carbocycles. The van der Waals surface area contributed by atoms with Crippen LogP contribution in [0.2, 0.25) is 0 Å². The van der Waals surface area contributed by atoms with Crippen molar-refractivity contribution >= 4 is 0 Å². The molecule has 0 heterocycles. The normalized spacial score (nSPS) is 33.4. The van der Waals surface area contributed by atoms with Crippen molar-refractivity contribution in [2.75, 3.05) is 0 Å². The fourth-order valence-corrected chi connectivity index (χ4v) is 6.55. The highest BCUT2D eigenvalue weighted by Gasteiger charge is 2.36. The van der Waals surface area contributed by atoms with Crippen LogP contribution in [0.4, 0.5) is 4.39 Å². The van der Waals surface area contributed by atoms with Crippen LogP contribution >= 0.6 is 0 Å². The quantitative estimate of drug-likeness (QED) is 0.463. The van der Waals surface area contributed by atoms with E-state index in [0.717, 1.165) is 47.6 Å². The van der Waals surface area contributed by atoms with E-state index < -0.39 is 0 Å². The Morgan fingerprint density at radius 1 is 0.963 bits per heavy atom. The first-order valence-electron chi connectivity index (χ1n) is 12.0. The molecule has 2 saturated carbocycles. The van der Waals surface area contributed by atoms with Gasteiger partial charge in [0.05, 0.1) is 0 Å². The Morgan fingerprint density at radius 3 is 2.63 bits per heavy atom. The van der Waals surface area contributed by atoms with Crippen molar-refractivity contribution in [2.45, 2.75) is 103 Å². The molecule has 2 fully saturated rings. The molecule has 4 rings (SSSR count). The van der Waals surface area contributed by atoms with Gasteiger partial charge in [0.15, 0.2) is 0 Å². The molecule has 0 nitrogen and oxygen atoms in total. The zero-order chi connectivity index (χ0) is 18.8. The van der Waals surface area contributed by atoms with E-state index >= 15 is 4.39 Å². The fraction of sp³-hybridized carbons (Fsp3) is 0.769. The monoisotopic (exact) mass is 370 g/mol. The Hall–Kier alpha value is -0.850. The van der Waals surface area contributed by atoms with Crippen LogP contribution in [0.1, 0.15) is 107 Å². The first kappa shape index (κ1) is 19.5. The first-order valence-corrected chi connectivity index (χ1v) is 12.0. The minimum Gasteiger partial charge on any atom is -0.206 e. The van der Waals surface area contributed by atoms with Crippen molar-refractivity contribution in [1.29, 1.82) is 0 Å². The Balaban J connectivity index is 1.43. The number of rotatable bonds is 5. The molecular weight excluding hydrogens is 331 g/mol. The number of fused-ring (bicyclic) bond motifs is 2.